The number of rotatable bonds is 5. The molecule has 0 aliphatic carbocycles. The van der Waals surface area contributed by atoms with Crippen molar-refractivity contribution in [2.45, 2.75) is 0 Å². The zero-order valence-electron chi connectivity index (χ0n) is 11.0. The van der Waals surface area contributed by atoms with E-state index < -0.39 is 0 Å². The summed E-state index contributed by atoms with van der Waals surface area (Å²) in [5.41, 5.74) is 1.63. The number of carbonyl (C=O) groups is 1. The van der Waals surface area contributed by atoms with Gasteiger partial charge < -0.3 is 15.4 Å². The summed E-state index contributed by atoms with van der Waals surface area (Å²) in [6.07, 6.45) is 0. The fourth-order valence-corrected chi connectivity index (χ4v) is 2.08. The van der Waals surface area contributed by atoms with Crippen LogP contribution in [0.15, 0.2) is 53.0 Å². The molecule has 2 aromatic carbocycles. The Kier molecular flexibility index (Phi) is 5.01. The third-order valence-electron chi connectivity index (χ3n) is 2.69. The molecule has 20 heavy (non-hydrogen) atoms. The average Bonchev–Trinajstić information content (AvgIpc) is 2.47. The highest BCUT2D eigenvalue weighted by molar-refractivity contribution is 9.10. The van der Waals surface area contributed by atoms with Gasteiger partial charge in [-0.1, -0.05) is 12.1 Å². The Labute approximate surface area is 126 Å². The number of ether oxygens (including phenoxy) is 1. The maximum Gasteiger partial charge on any atom is 0.243 e. The number of hydrogen-bond donors (Lipinski definition) is 2. The van der Waals surface area contributed by atoms with Crippen LogP contribution in [-0.4, -0.2) is 19.6 Å². The van der Waals surface area contributed by atoms with Crippen LogP contribution >= 0.6 is 15.9 Å². The lowest BCUT2D eigenvalue weighted by Crippen LogP contribution is -2.21. The second-order valence-corrected chi connectivity index (χ2v) is 4.96. The molecule has 0 bridgehead atoms. The maximum absolute atomic E-state index is 11.8. The van der Waals surface area contributed by atoms with Gasteiger partial charge in [0.15, 0.2) is 0 Å². The molecule has 2 rings (SSSR count). The second kappa shape index (κ2) is 6.96. The zero-order valence-corrected chi connectivity index (χ0v) is 12.6. The molecule has 0 radical (unpaired) electrons. The number of amides is 1. The van der Waals surface area contributed by atoms with Crippen molar-refractivity contribution in [3.05, 3.63) is 53.0 Å². The maximum atomic E-state index is 11.8. The number of para-hydroxylation sites is 1. The third kappa shape index (κ3) is 3.99. The summed E-state index contributed by atoms with van der Waals surface area (Å²) in [7, 11) is 1.61. The van der Waals surface area contributed by atoms with Crippen LogP contribution in [-0.2, 0) is 4.79 Å². The predicted octanol–water partition coefficient (Wildman–Crippen LogP) is 3.51. The molecular weight excluding hydrogens is 320 g/mol. The average molecular weight is 335 g/mol. The fraction of sp³-hybridized carbons (Fsp3) is 0.133. The number of nitrogens with one attached hydrogen (secondary N) is 2. The standard InChI is InChI=1S/C15H15BrN2O2/c1-20-12-8-6-11(7-9-12)18-15(19)10-17-14-5-3-2-4-13(14)16/h2-9,17H,10H2,1H3,(H,18,19). The van der Waals surface area contributed by atoms with Crippen molar-refractivity contribution in [2.24, 2.45) is 0 Å². The van der Waals surface area contributed by atoms with Gasteiger partial charge in [0, 0.05) is 15.8 Å². The molecule has 0 heterocycles. The van der Waals surface area contributed by atoms with Crippen LogP contribution < -0.4 is 15.4 Å². The summed E-state index contributed by atoms with van der Waals surface area (Å²) >= 11 is 3.42. The lowest BCUT2D eigenvalue weighted by Gasteiger charge is -2.09. The Bertz CT molecular complexity index is 585. The van der Waals surface area contributed by atoms with Crippen molar-refractivity contribution in [1.82, 2.24) is 0 Å². The van der Waals surface area contributed by atoms with Crippen LogP contribution in [0.25, 0.3) is 0 Å². The molecule has 0 atom stereocenters. The van der Waals surface area contributed by atoms with Crippen molar-refractivity contribution in [2.75, 3.05) is 24.3 Å². The summed E-state index contributed by atoms with van der Waals surface area (Å²) in [5.74, 6) is 0.653. The van der Waals surface area contributed by atoms with Gasteiger partial charge in [0.2, 0.25) is 5.91 Å². The summed E-state index contributed by atoms with van der Waals surface area (Å²) in [5, 5.41) is 5.88. The Morgan fingerprint density at radius 3 is 2.50 bits per heavy atom. The number of carbonyl (C=O) groups excluding carboxylic acids is 1. The van der Waals surface area contributed by atoms with Crippen LogP contribution in [0.5, 0.6) is 5.75 Å². The largest absolute Gasteiger partial charge is 0.497 e. The molecule has 2 aromatic rings. The summed E-state index contributed by atoms with van der Waals surface area (Å²) in [6.45, 7) is 0.203. The first-order valence-corrected chi connectivity index (χ1v) is 6.90. The van der Waals surface area contributed by atoms with Crippen LogP contribution in [0.4, 0.5) is 11.4 Å². The van der Waals surface area contributed by atoms with Crippen LogP contribution in [0.3, 0.4) is 0 Å². The molecule has 104 valence electrons. The molecule has 0 fully saturated rings. The van der Waals surface area contributed by atoms with E-state index in [4.69, 9.17) is 4.74 Å². The van der Waals surface area contributed by atoms with E-state index in [-0.39, 0.29) is 12.5 Å². The van der Waals surface area contributed by atoms with E-state index in [9.17, 15) is 4.79 Å². The van der Waals surface area contributed by atoms with E-state index >= 15 is 0 Å². The Hall–Kier alpha value is -2.01. The SMILES string of the molecule is COc1ccc(NC(=O)CNc2ccccc2Br)cc1. The lowest BCUT2D eigenvalue weighted by atomic mass is 10.3. The molecule has 0 spiro atoms. The topological polar surface area (TPSA) is 50.4 Å². The van der Waals surface area contributed by atoms with Crippen LogP contribution in [0.2, 0.25) is 0 Å². The molecule has 0 aliphatic rings. The van der Waals surface area contributed by atoms with Crippen molar-refractivity contribution in [3.63, 3.8) is 0 Å². The Morgan fingerprint density at radius 1 is 1.15 bits per heavy atom. The molecular formula is C15H15BrN2O2. The molecule has 0 saturated heterocycles. The van der Waals surface area contributed by atoms with E-state index in [2.05, 4.69) is 26.6 Å². The number of benzene rings is 2. The van der Waals surface area contributed by atoms with Gasteiger partial charge in [0.25, 0.3) is 0 Å². The van der Waals surface area contributed by atoms with E-state index in [1.54, 1.807) is 31.4 Å². The Morgan fingerprint density at radius 2 is 1.85 bits per heavy atom. The van der Waals surface area contributed by atoms with Crippen molar-refractivity contribution < 1.29 is 9.53 Å². The molecule has 5 heteroatoms. The van der Waals surface area contributed by atoms with E-state index in [1.165, 1.54) is 0 Å². The van der Waals surface area contributed by atoms with E-state index in [0.717, 1.165) is 21.6 Å². The monoisotopic (exact) mass is 334 g/mol. The highest BCUT2D eigenvalue weighted by atomic mass is 79.9. The van der Waals surface area contributed by atoms with Gasteiger partial charge in [-0.2, -0.15) is 0 Å². The van der Waals surface area contributed by atoms with Gasteiger partial charge >= 0.3 is 0 Å². The summed E-state index contributed by atoms with van der Waals surface area (Å²) < 4.78 is 5.99. The number of hydrogen-bond acceptors (Lipinski definition) is 3. The van der Waals surface area contributed by atoms with Crippen molar-refractivity contribution in [1.29, 1.82) is 0 Å². The van der Waals surface area contributed by atoms with Gasteiger partial charge in [0.1, 0.15) is 5.75 Å². The van der Waals surface area contributed by atoms with Gasteiger partial charge in [-0.3, -0.25) is 4.79 Å². The molecule has 4 nitrogen and oxygen atoms in total. The minimum Gasteiger partial charge on any atom is -0.497 e. The van der Waals surface area contributed by atoms with Crippen molar-refractivity contribution in [3.8, 4) is 5.75 Å². The fourth-order valence-electron chi connectivity index (χ4n) is 1.66. The molecule has 0 aromatic heterocycles. The number of anilines is 2. The first-order valence-electron chi connectivity index (χ1n) is 6.11. The first-order chi connectivity index (χ1) is 9.69. The summed E-state index contributed by atoms with van der Waals surface area (Å²) in [4.78, 5) is 11.8. The smallest absolute Gasteiger partial charge is 0.243 e. The van der Waals surface area contributed by atoms with Crippen LogP contribution in [0.1, 0.15) is 0 Å². The van der Waals surface area contributed by atoms with Gasteiger partial charge in [-0.15, -0.1) is 0 Å². The van der Waals surface area contributed by atoms with Gasteiger partial charge in [-0.25, -0.2) is 0 Å². The minimum atomic E-state index is -0.106. The molecule has 0 saturated carbocycles. The first kappa shape index (κ1) is 14.4. The van der Waals surface area contributed by atoms with E-state index in [0.29, 0.717) is 0 Å². The predicted molar refractivity (Wildman–Crippen MR) is 84.3 cm³/mol. The number of methoxy groups -OCH3 is 1. The zero-order chi connectivity index (χ0) is 14.4. The molecule has 0 aliphatic heterocycles. The molecule has 0 unspecified atom stereocenters. The highest BCUT2D eigenvalue weighted by Crippen LogP contribution is 2.21. The Balaban J connectivity index is 1.87. The van der Waals surface area contributed by atoms with Crippen LogP contribution in [0, 0.1) is 0 Å². The second-order valence-electron chi connectivity index (χ2n) is 4.11. The number of halogens is 1. The lowest BCUT2D eigenvalue weighted by molar-refractivity contribution is -0.114. The normalized spacial score (nSPS) is 9.90. The third-order valence-corrected chi connectivity index (χ3v) is 3.38. The molecule has 2 N–H and O–H groups in total. The highest BCUT2D eigenvalue weighted by Gasteiger charge is 2.04. The molecule has 1 amide bonds. The van der Waals surface area contributed by atoms with Crippen molar-refractivity contribution >= 4 is 33.2 Å². The van der Waals surface area contributed by atoms with E-state index in [1.807, 2.05) is 24.3 Å². The minimum absolute atomic E-state index is 0.106. The summed E-state index contributed by atoms with van der Waals surface area (Å²) in [6, 6.07) is 14.9. The van der Waals surface area contributed by atoms with Gasteiger partial charge in [0.05, 0.1) is 13.7 Å². The van der Waals surface area contributed by atoms with Gasteiger partial charge in [-0.05, 0) is 52.3 Å². The quantitative estimate of drug-likeness (QED) is 0.879.